The van der Waals surface area contributed by atoms with Gasteiger partial charge in [-0.15, -0.1) is 0 Å². The van der Waals surface area contributed by atoms with E-state index in [4.69, 9.17) is 11.1 Å². The highest BCUT2D eigenvalue weighted by Crippen LogP contribution is 2.23. The molecular weight excluding hydrogens is 148 g/mol. The van der Waals surface area contributed by atoms with Gasteiger partial charge in [0.1, 0.15) is 0 Å². The van der Waals surface area contributed by atoms with Crippen molar-refractivity contribution in [3.63, 3.8) is 0 Å². The molecular formula is C7H17ClSi. The van der Waals surface area contributed by atoms with Crippen molar-refractivity contribution in [2.45, 2.75) is 45.3 Å². The molecule has 0 aliphatic rings. The zero-order chi connectivity index (χ0) is 7.33. The van der Waals surface area contributed by atoms with Crippen LogP contribution in [0, 0.1) is 0 Å². The first-order valence-electron chi connectivity index (χ1n) is 3.81. The average molecular weight is 165 g/mol. The van der Waals surface area contributed by atoms with Crippen LogP contribution in [-0.2, 0) is 0 Å². The Morgan fingerprint density at radius 3 is 1.67 bits per heavy atom. The number of rotatable bonds is 4. The van der Waals surface area contributed by atoms with Crippen LogP contribution in [0.1, 0.15) is 26.7 Å². The van der Waals surface area contributed by atoms with Gasteiger partial charge in [-0.25, -0.2) is 0 Å². The predicted octanol–water partition coefficient (Wildman–Crippen LogP) is 3.62. The maximum absolute atomic E-state index is 6.28. The lowest BCUT2D eigenvalue weighted by molar-refractivity contribution is 0.999. The van der Waals surface area contributed by atoms with E-state index >= 15 is 0 Å². The van der Waals surface area contributed by atoms with Crippen LogP contribution in [0.2, 0.25) is 18.6 Å². The van der Waals surface area contributed by atoms with Crippen molar-refractivity contribution in [3.05, 3.63) is 0 Å². The molecule has 9 heavy (non-hydrogen) atoms. The van der Waals surface area contributed by atoms with E-state index in [0.29, 0.717) is 0 Å². The lowest BCUT2D eigenvalue weighted by atomic mass is 10.6. The van der Waals surface area contributed by atoms with Gasteiger partial charge in [-0.2, -0.15) is 11.1 Å². The van der Waals surface area contributed by atoms with Crippen LogP contribution >= 0.6 is 11.1 Å². The number of hydrogen-bond donors (Lipinski definition) is 0. The second-order valence-electron chi connectivity index (χ2n) is 2.91. The summed E-state index contributed by atoms with van der Waals surface area (Å²) >= 11 is 6.28. The minimum absolute atomic E-state index is 1.23. The zero-order valence-electron chi connectivity index (χ0n) is 6.71. The Labute approximate surface area is 64.3 Å². The first kappa shape index (κ1) is 9.51. The van der Waals surface area contributed by atoms with E-state index in [9.17, 15) is 0 Å². The average Bonchev–Trinajstić information content (AvgIpc) is 1.64. The van der Waals surface area contributed by atoms with Crippen molar-refractivity contribution < 1.29 is 0 Å². The molecule has 0 aromatic carbocycles. The summed E-state index contributed by atoms with van der Waals surface area (Å²) in [5.74, 6) is 0. The summed E-state index contributed by atoms with van der Waals surface area (Å²) in [7, 11) is -1.23. The first-order valence-corrected chi connectivity index (χ1v) is 7.74. The van der Waals surface area contributed by atoms with Crippen LogP contribution in [0.5, 0.6) is 0 Å². The molecule has 0 aromatic rings. The van der Waals surface area contributed by atoms with Crippen molar-refractivity contribution in [3.8, 4) is 0 Å². The van der Waals surface area contributed by atoms with Crippen LogP contribution in [0.25, 0.3) is 0 Å². The molecule has 0 rings (SSSR count). The highest BCUT2D eigenvalue weighted by atomic mass is 35.6. The Hall–Kier alpha value is 0.507. The second kappa shape index (κ2) is 4.34. The summed E-state index contributed by atoms with van der Waals surface area (Å²) in [6.45, 7) is 6.69. The van der Waals surface area contributed by atoms with E-state index in [2.05, 4.69) is 20.4 Å². The van der Waals surface area contributed by atoms with Crippen LogP contribution in [-0.4, -0.2) is 7.38 Å². The minimum atomic E-state index is -1.23. The third-order valence-electron chi connectivity index (χ3n) is 1.54. The summed E-state index contributed by atoms with van der Waals surface area (Å²) in [6.07, 6.45) is 2.51. The smallest absolute Gasteiger partial charge is 0.153 e. The van der Waals surface area contributed by atoms with Crippen LogP contribution in [0.15, 0.2) is 0 Å². The fourth-order valence-electron chi connectivity index (χ4n) is 1.17. The van der Waals surface area contributed by atoms with E-state index < -0.39 is 7.38 Å². The maximum Gasteiger partial charge on any atom is 0.153 e. The van der Waals surface area contributed by atoms with Gasteiger partial charge in [-0.05, 0) is 12.1 Å². The molecule has 0 radical (unpaired) electrons. The Bertz CT molecular complexity index is 63.3. The molecule has 56 valence electrons. The molecule has 2 heteroatoms. The van der Waals surface area contributed by atoms with Crippen molar-refractivity contribution in [2.75, 3.05) is 0 Å². The van der Waals surface area contributed by atoms with Crippen molar-refractivity contribution in [2.24, 2.45) is 0 Å². The topological polar surface area (TPSA) is 0 Å². The Kier molecular flexibility index (Phi) is 4.59. The molecule has 0 nitrogen and oxygen atoms in total. The Morgan fingerprint density at radius 2 is 1.44 bits per heavy atom. The molecule has 0 aliphatic carbocycles. The summed E-state index contributed by atoms with van der Waals surface area (Å²) in [6, 6.07) is 2.56. The zero-order valence-corrected chi connectivity index (χ0v) is 8.46. The van der Waals surface area contributed by atoms with E-state index in [1.54, 1.807) is 0 Å². The SMILES string of the molecule is CCC[Si](C)(Cl)CCC. The fourth-order valence-corrected chi connectivity index (χ4v) is 4.64. The quantitative estimate of drug-likeness (QED) is 0.440. The highest BCUT2D eigenvalue weighted by Gasteiger charge is 2.20. The maximum atomic E-state index is 6.28. The van der Waals surface area contributed by atoms with Crippen LogP contribution in [0.3, 0.4) is 0 Å². The lowest BCUT2D eigenvalue weighted by Gasteiger charge is -2.16. The van der Waals surface area contributed by atoms with Crippen LogP contribution < -0.4 is 0 Å². The number of hydrogen-bond acceptors (Lipinski definition) is 0. The fraction of sp³-hybridized carbons (Fsp3) is 1.00. The van der Waals surface area contributed by atoms with E-state index in [1.165, 1.54) is 24.9 Å². The van der Waals surface area contributed by atoms with Crippen molar-refractivity contribution >= 4 is 18.5 Å². The van der Waals surface area contributed by atoms with E-state index in [0.717, 1.165) is 0 Å². The third kappa shape index (κ3) is 4.98. The molecule has 0 aromatic heterocycles. The van der Waals surface area contributed by atoms with Gasteiger partial charge in [0, 0.05) is 0 Å². The molecule has 0 spiro atoms. The van der Waals surface area contributed by atoms with Gasteiger partial charge in [0.05, 0.1) is 0 Å². The molecule has 0 aliphatic heterocycles. The third-order valence-corrected chi connectivity index (χ3v) is 5.76. The second-order valence-corrected chi connectivity index (χ2v) is 9.48. The van der Waals surface area contributed by atoms with Gasteiger partial charge < -0.3 is 0 Å². The molecule has 0 saturated heterocycles. The predicted molar refractivity (Wildman–Crippen MR) is 47.7 cm³/mol. The van der Waals surface area contributed by atoms with Gasteiger partial charge in [-0.3, -0.25) is 0 Å². The summed E-state index contributed by atoms with van der Waals surface area (Å²) in [4.78, 5) is 0. The normalized spacial score (nSPS) is 12.0. The standard InChI is InChI=1S/C7H17ClSi/c1-4-6-9(3,8)7-5-2/h4-7H2,1-3H3. The largest absolute Gasteiger partial charge is 0.167 e. The molecule has 0 amide bonds. The van der Waals surface area contributed by atoms with Crippen molar-refractivity contribution in [1.29, 1.82) is 0 Å². The van der Waals surface area contributed by atoms with E-state index in [-0.39, 0.29) is 0 Å². The minimum Gasteiger partial charge on any atom is -0.167 e. The summed E-state index contributed by atoms with van der Waals surface area (Å²) in [5.41, 5.74) is 0. The first-order chi connectivity index (χ1) is 4.12. The van der Waals surface area contributed by atoms with Gasteiger partial charge in [0.25, 0.3) is 0 Å². The van der Waals surface area contributed by atoms with Crippen LogP contribution in [0.4, 0.5) is 0 Å². The Balaban J connectivity index is 3.43. The molecule has 0 unspecified atom stereocenters. The number of halogens is 1. The summed E-state index contributed by atoms with van der Waals surface area (Å²) < 4.78 is 0. The molecule has 0 saturated carbocycles. The van der Waals surface area contributed by atoms with Gasteiger partial charge in [0.15, 0.2) is 7.38 Å². The highest BCUT2D eigenvalue weighted by molar-refractivity contribution is 7.19. The monoisotopic (exact) mass is 164 g/mol. The molecule has 0 atom stereocenters. The van der Waals surface area contributed by atoms with Crippen molar-refractivity contribution in [1.82, 2.24) is 0 Å². The Morgan fingerprint density at radius 1 is 1.11 bits per heavy atom. The molecule has 0 heterocycles. The van der Waals surface area contributed by atoms with Gasteiger partial charge >= 0.3 is 0 Å². The van der Waals surface area contributed by atoms with E-state index in [1.807, 2.05) is 0 Å². The molecule has 0 fully saturated rings. The molecule has 0 bridgehead atoms. The molecule has 0 N–H and O–H groups in total. The van der Waals surface area contributed by atoms with Gasteiger partial charge in [0.2, 0.25) is 0 Å². The van der Waals surface area contributed by atoms with Gasteiger partial charge in [-0.1, -0.05) is 33.2 Å². The summed E-state index contributed by atoms with van der Waals surface area (Å²) in [5, 5.41) is 0. The lowest BCUT2D eigenvalue weighted by Crippen LogP contribution is -2.20.